The molecule has 0 unspecified atom stereocenters. The minimum atomic E-state index is -3.11. The van der Waals surface area contributed by atoms with E-state index in [2.05, 4.69) is 27.6 Å². The van der Waals surface area contributed by atoms with Crippen LogP contribution in [0.25, 0.3) is 0 Å². The summed E-state index contributed by atoms with van der Waals surface area (Å²) >= 11 is 0. The van der Waals surface area contributed by atoms with Gasteiger partial charge in [-0.1, -0.05) is 6.92 Å². The Morgan fingerprint density at radius 3 is 2.28 bits per heavy atom. The highest BCUT2D eigenvalue weighted by Crippen LogP contribution is 1.98. The second-order valence-corrected chi connectivity index (χ2v) is 7.67. The number of rotatable bonds is 13. The van der Waals surface area contributed by atoms with E-state index in [0.29, 0.717) is 19.6 Å². The highest BCUT2D eigenvalue weighted by Gasteiger charge is 2.13. The van der Waals surface area contributed by atoms with Crippen molar-refractivity contribution in [3.05, 3.63) is 0 Å². The minimum Gasteiger partial charge on any atom is -0.385 e. The summed E-state index contributed by atoms with van der Waals surface area (Å²) in [6.07, 6.45) is 3.00. The van der Waals surface area contributed by atoms with Crippen molar-refractivity contribution >= 4 is 40.0 Å². The fourth-order valence-corrected chi connectivity index (χ4v) is 3.13. The quantitative estimate of drug-likeness (QED) is 0.167. The minimum absolute atomic E-state index is 0. The zero-order valence-electron chi connectivity index (χ0n) is 16.2. The lowest BCUT2D eigenvalue weighted by molar-refractivity contribution is 0.180. The number of halogens is 1. The maximum atomic E-state index is 11.5. The van der Waals surface area contributed by atoms with Crippen molar-refractivity contribution in [1.29, 1.82) is 0 Å². The van der Waals surface area contributed by atoms with Crippen LogP contribution in [-0.2, 0) is 14.8 Å². The van der Waals surface area contributed by atoms with Gasteiger partial charge in [0.25, 0.3) is 0 Å². The van der Waals surface area contributed by atoms with Crippen LogP contribution in [0.4, 0.5) is 0 Å². The number of aliphatic imine (C=N–C) groups is 1. The second kappa shape index (κ2) is 16.0. The van der Waals surface area contributed by atoms with Gasteiger partial charge < -0.3 is 20.3 Å². The molecule has 0 atom stereocenters. The van der Waals surface area contributed by atoms with Crippen LogP contribution in [0, 0.1) is 0 Å². The molecule has 0 saturated heterocycles. The van der Waals surface area contributed by atoms with Gasteiger partial charge in [0, 0.05) is 60.0 Å². The summed E-state index contributed by atoms with van der Waals surface area (Å²) in [5.74, 6) is 0.739. The van der Waals surface area contributed by atoms with E-state index in [9.17, 15) is 8.42 Å². The van der Waals surface area contributed by atoms with E-state index in [1.165, 1.54) is 10.6 Å². The second-order valence-electron chi connectivity index (χ2n) is 5.68. The Morgan fingerprint density at radius 2 is 1.76 bits per heavy atom. The van der Waals surface area contributed by atoms with Gasteiger partial charge in [0.1, 0.15) is 0 Å². The number of hydrogen-bond acceptors (Lipinski definition) is 5. The zero-order valence-corrected chi connectivity index (χ0v) is 19.4. The number of sulfonamides is 1. The molecular weight excluding hydrogens is 457 g/mol. The third-order valence-corrected chi connectivity index (χ3v) is 4.98. The molecule has 0 spiro atoms. The van der Waals surface area contributed by atoms with Gasteiger partial charge in [0.15, 0.2) is 5.96 Å². The van der Waals surface area contributed by atoms with Crippen molar-refractivity contribution in [2.24, 2.45) is 4.99 Å². The molecular formula is C15H36IN5O3S. The van der Waals surface area contributed by atoms with Gasteiger partial charge in [-0.3, -0.25) is 4.99 Å². The molecule has 25 heavy (non-hydrogen) atoms. The molecule has 0 aromatic heterocycles. The molecule has 10 heteroatoms. The molecule has 2 N–H and O–H groups in total. The Hall–Kier alpha value is -0.170. The number of nitrogens with one attached hydrogen (secondary N) is 2. The first-order valence-corrected chi connectivity index (χ1v) is 10.3. The lowest BCUT2D eigenvalue weighted by Gasteiger charge is -2.19. The van der Waals surface area contributed by atoms with Crippen LogP contribution in [-0.4, -0.2) is 96.9 Å². The number of ether oxygens (including phenoxy) is 1. The summed E-state index contributed by atoms with van der Waals surface area (Å²) < 4.78 is 29.5. The molecule has 0 amide bonds. The van der Waals surface area contributed by atoms with Crippen LogP contribution in [0.15, 0.2) is 4.99 Å². The fraction of sp³-hybridized carbons (Fsp3) is 0.933. The summed E-state index contributed by atoms with van der Waals surface area (Å²) in [7, 11) is 2.42. The first-order valence-electron chi connectivity index (χ1n) is 8.42. The molecule has 8 nitrogen and oxygen atoms in total. The van der Waals surface area contributed by atoms with Gasteiger partial charge in [-0.2, -0.15) is 0 Å². The molecule has 0 saturated carbocycles. The summed E-state index contributed by atoms with van der Waals surface area (Å²) in [4.78, 5) is 6.41. The van der Waals surface area contributed by atoms with E-state index in [0.717, 1.165) is 45.0 Å². The van der Waals surface area contributed by atoms with E-state index in [-0.39, 0.29) is 24.0 Å². The topological polar surface area (TPSA) is 86.3 Å². The van der Waals surface area contributed by atoms with Crippen molar-refractivity contribution in [2.75, 3.05) is 73.3 Å². The number of guanidine groups is 1. The van der Waals surface area contributed by atoms with Gasteiger partial charge in [-0.25, -0.2) is 12.7 Å². The summed E-state index contributed by atoms with van der Waals surface area (Å²) in [5.41, 5.74) is 0. The molecule has 0 heterocycles. The highest BCUT2D eigenvalue weighted by molar-refractivity contribution is 14.0. The average Bonchev–Trinajstić information content (AvgIpc) is 2.52. The number of nitrogens with zero attached hydrogens (tertiary/aromatic N) is 3. The van der Waals surface area contributed by atoms with Crippen LogP contribution in [0.5, 0.6) is 0 Å². The molecule has 0 aliphatic heterocycles. The van der Waals surface area contributed by atoms with Gasteiger partial charge in [-0.05, 0) is 19.9 Å². The molecule has 0 aliphatic rings. The first-order chi connectivity index (χ1) is 11.3. The predicted molar refractivity (Wildman–Crippen MR) is 115 cm³/mol. The number of hydrogen-bond donors (Lipinski definition) is 2. The van der Waals surface area contributed by atoms with E-state index in [1.807, 2.05) is 6.92 Å². The van der Waals surface area contributed by atoms with Crippen LogP contribution in [0.3, 0.4) is 0 Å². The van der Waals surface area contributed by atoms with Crippen LogP contribution in [0.2, 0.25) is 0 Å². The first kappa shape index (κ1) is 27.1. The van der Waals surface area contributed by atoms with Crippen molar-refractivity contribution in [3.8, 4) is 0 Å². The van der Waals surface area contributed by atoms with Gasteiger partial charge in [0.05, 0.1) is 6.26 Å². The standard InChI is InChI=1S/C15H35N5O3S.HI/c1-6-20(24(5,21)22)12-7-9-17-15(16-2)18-10-13-19(3)11-8-14-23-4;/h6-14H2,1-5H3,(H2,16,17,18);1H. The lowest BCUT2D eigenvalue weighted by Crippen LogP contribution is -2.42. The van der Waals surface area contributed by atoms with E-state index >= 15 is 0 Å². The van der Waals surface area contributed by atoms with Crippen LogP contribution in [0.1, 0.15) is 19.8 Å². The molecule has 0 rings (SSSR count). The number of methoxy groups -OCH3 is 1. The molecule has 152 valence electrons. The van der Waals surface area contributed by atoms with E-state index in [1.54, 1.807) is 14.2 Å². The van der Waals surface area contributed by atoms with Crippen LogP contribution >= 0.6 is 24.0 Å². The lowest BCUT2D eigenvalue weighted by atomic mass is 10.4. The summed E-state index contributed by atoms with van der Waals surface area (Å²) in [5, 5.41) is 6.46. The maximum absolute atomic E-state index is 11.5. The SMILES string of the molecule is CCN(CCCNC(=NC)NCCN(C)CCCOC)S(C)(=O)=O.I. The monoisotopic (exact) mass is 493 g/mol. The largest absolute Gasteiger partial charge is 0.385 e. The summed E-state index contributed by atoms with van der Waals surface area (Å²) in [6, 6.07) is 0. The third kappa shape index (κ3) is 14.7. The third-order valence-electron chi connectivity index (χ3n) is 3.60. The highest BCUT2D eigenvalue weighted by atomic mass is 127. The van der Waals surface area contributed by atoms with Crippen LogP contribution < -0.4 is 10.6 Å². The summed E-state index contributed by atoms with van der Waals surface area (Å²) in [6.45, 7) is 7.04. The molecule has 0 radical (unpaired) electrons. The van der Waals surface area contributed by atoms with E-state index in [4.69, 9.17) is 4.74 Å². The Morgan fingerprint density at radius 1 is 1.12 bits per heavy atom. The predicted octanol–water partition coefficient (Wildman–Crippen LogP) is 0.409. The zero-order chi connectivity index (χ0) is 18.4. The van der Waals surface area contributed by atoms with E-state index < -0.39 is 10.0 Å². The normalized spacial score (nSPS) is 12.4. The van der Waals surface area contributed by atoms with Gasteiger partial charge >= 0.3 is 0 Å². The Kier molecular flexibility index (Phi) is 17.4. The van der Waals surface area contributed by atoms with Gasteiger partial charge in [0.2, 0.25) is 10.0 Å². The Balaban J connectivity index is 0. The average molecular weight is 493 g/mol. The Bertz CT molecular complexity index is 448. The molecule has 0 fully saturated rings. The maximum Gasteiger partial charge on any atom is 0.211 e. The van der Waals surface area contributed by atoms with Crippen molar-refractivity contribution in [2.45, 2.75) is 19.8 Å². The molecule has 0 aliphatic carbocycles. The molecule has 0 bridgehead atoms. The number of likely N-dealkylation sites (N-methyl/N-ethyl adjacent to an activating group) is 1. The molecule has 0 aromatic rings. The van der Waals surface area contributed by atoms with Crippen molar-refractivity contribution < 1.29 is 13.2 Å². The molecule has 0 aromatic carbocycles. The van der Waals surface area contributed by atoms with Crippen molar-refractivity contribution in [3.63, 3.8) is 0 Å². The fourth-order valence-electron chi connectivity index (χ4n) is 2.20. The Labute approximate surface area is 170 Å². The van der Waals surface area contributed by atoms with Gasteiger partial charge in [-0.15, -0.1) is 24.0 Å². The smallest absolute Gasteiger partial charge is 0.211 e. The van der Waals surface area contributed by atoms with Crippen molar-refractivity contribution in [1.82, 2.24) is 19.8 Å².